The highest BCUT2D eigenvalue weighted by Gasteiger charge is 2.14. The van der Waals surface area contributed by atoms with Crippen molar-refractivity contribution in [1.82, 2.24) is 5.32 Å². The van der Waals surface area contributed by atoms with Gasteiger partial charge in [-0.15, -0.1) is 0 Å². The van der Waals surface area contributed by atoms with E-state index in [0.29, 0.717) is 5.75 Å². The molecule has 2 N–H and O–H groups in total. The molecular formula is C12H15NO. The lowest BCUT2D eigenvalue weighted by molar-refractivity contribution is 0.472. The third kappa shape index (κ3) is 1.53. The van der Waals surface area contributed by atoms with E-state index in [1.165, 1.54) is 11.1 Å². The van der Waals surface area contributed by atoms with Crippen LogP contribution in [0.2, 0.25) is 0 Å². The maximum Gasteiger partial charge on any atom is 0.123 e. The molecule has 74 valence electrons. The maximum absolute atomic E-state index is 9.78. The zero-order valence-electron chi connectivity index (χ0n) is 8.38. The molecule has 1 aromatic rings. The second-order valence-corrected chi connectivity index (χ2v) is 3.61. The Bertz CT molecular complexity index is 369. The molecular weight excluding hydrogens is 174 g/mol. The Kier molecular flexibility index (Phi) is 2.55. The predicted molar refractivity (Wildman–Crippen MR) is 58.3 cm³/mol. The first-order chi connectivity index (χ1) is 6.83. The standard InChI is InChI=1S/C12H15NO/c1-13-8-10-6-2-4-9-5-3-7-11(14)12(9)10/h3,5-7,13-14H,2,4,8H2,1H3. The van der Waals surface area contributed by atoms with Gasteiger partial charge in [-0.2, -0.15) is 0 Å². The quantitative estimate of drug-likeness (QED) is 0.745. The first-order valence-electron chi connectivity index (χ1n) is 4.98. The second-order valence-electron chi connectivity index (χ2n) is 3.61. The number of hydrogen-bond acceptors (Lipinski definition) is 2. The Morgan fingerprint density at radius 3 is 3.07 bits per heavy atom. The summed E-state index contributed by atoms with van der Waals surface area (Å²) in [5, 5.41) is 12.9. The third-order valence-electron chi connectivity index (χ3n) is 2.62. The minimum Gasteiger partial charge on any atom is -0.507 e. The van der Waals surface area contributed by atoms with Crippen LogP contribution in [0, 0.1) is 0 Å². The van der Waals surface area contributed by atoms with Crippen molar-refractivity contribution in [3.05, 3.63) is 35.4 Å². The summed E-state index contributed by atoms with van der Waals surface area (Å²) in [5.41, 5.74) is 3.51. The molecule has 0 unspecified atom stereocenters. The number of nitrogens with one attached hydrogen (secondary N) is 1. The molecule has 1 aliphatic rings. The Morgan fingerprint density at radius 1 is 1.43 bits per heavy atom. The molecule has 0 spiro atoms. The highest BCUT2D eigenvalue weighted by molar-refractivity contribution is 5.75. The Hall–Kier alpha value is -1.28. The first kappa shape index (κ1) is 9.28. The van der Waals surface area contributed by atoms with E-state index in [-0.39, 0.29) is 0 Å². The highest BCUT2D eigenvalue weighted by Crippen LogP contribution is 2.32. The summed E-state index contributed by atoms with van der Waals surface area (Å²) < 4.78 is 0. The van der Waals surface area contributed by atoms with E-state index in [4.69, 9.17) is 0 Å². The van der Waals surface area contributed by atoms with Crippen LogP contribution in [0.4, 0.5) is 0 Å². The van der Waals surface area contributed by atoms with Gasteiger partial charge in [0.05, 0.1) is 0 Å². The van der Waals surface area contributed by atoms with Gasteiger partial charge in [0.2, 0.25) is 0 Å². The fraction of sp³-hybridized carbons (Fsp3) is 0.333. The van der Waals surface area contributed by atoms with Crippen molar-refractivity contribution in [2.45, 2.75) is 12.8 Å². The van der Waals surface area contributed by atoms with E-state index in [1.807, 2.05) is 13.1 Å². The lowest BCUT2D eigenvalue weighted by atomic mass is 9.90. The van der Waals surface area contributed by atoms with Gasteiger partial charge in [0, 0.05) is 12.1 Å². The van der Waals surface area contributed by atoms with Gasteiger partial charge >= 0.3 is 0 Å². The number of likely N-dealkylation sites (N-methyl/N-ethyl adjacent to an activating group) is 1. The van der Waals surface area contributed by atoms with Crippen molar-refractivity contribution < 1.29 is 5.11 Å². The molecule has 1 aromatic carbocycles. The molecule has 0 fully saturated rings. The summed E-state index contributed by atoms with van der Waals surface area (Å²) in [6.07, 6.45) is 4.32. The predicted octanol–water partition coefficient (Wildman–Crippen LogP) is 1.94. The number of fused-ring (bicyclic) bond motifs is 1. The number of phenolic OH excluding ortho intramolecular Hbond substituents is 1. The molecule has 14 heavy (non-hydrogen) atoms. The van der Waals surface area contributed by atoms with Crippen LogP contribution in [0.15, 0.2) is 24.3 Å². The van der Waals surface area contributed by atoms with E-state index in [1.54, 1.807) is 6.07 Å². The molecule has 1 aliphatic carbocycles. The van der Waals surface area contributed by atoms with Crippen LogP contribution in [0.25, 0.3) is 5.57 Å². The normalized spacial score (nSPS) is 14.8. The van der Waals surface area contributed by atoms with Crippen LogP contribution < -0.4 is 5.32 Å². The fourth-order valence-corrected chi connectivity index (χ4v) is 2.02. The minimum absolute atomic E-state index is 0.406. The number of rotatable bonds is 2. The Balaban J connectivity index is 2.45. The summed E-state index contributed by atoms with van der Waals surface area (Å²) in [6.45, 7) is 0.824. The first-order valence-corrected chi connectivity index (χ1v) is 4.98. The van der Waals surface area contributed by atoms with Crippen LogP contribution >= 0.6 is 0 Å². The molecule has 0 saturated carbocycles. The number of aromatic hydroxyl groups is 1. The van der Waals surface area contributed by atoms with Gasteiger partial charge in [0.15, 0.2) is 0 Å². The van der Waals surface area contributed by atoms with Gasteiger partial charge in [-0.25, -0.2) is 0 Å². The summed E-state index contributed by atoms with van der Waals surface area (Å²) in [4.78, 5) is 0. The second kappa shape index (κ2) is 3.84. The lowest BCUT2D eigenvalue weighted by Gasteiger charge is -2.18. The summed E-state index contributed by atoms with van der Waals surface area (Å²) in [6, 6.07) is 5.77. The molecule has 0 atom stereocenters. The van der Waals surface area contributed by atoms with Gasteiger partial charge in [-0.3, -0.25) is 0 Å². The van der Waals surface area contributed by atoms with Crippen molar-refractivity contribution in [2.75, 3.05) is 13.6 Å². The van der Waals surface area contributed by atoms with E-state index >= 15 is 0 Å². The number of aryl methyl sites for hydroxylation is 1. The molecule has 0 amide bonds. The molecule has 0 heterocycles. The molecule has 2 rings (SSSR count). The fourth-order valence-electron chi connectivity index (χ4n) is 2.02. The van der Waals surface area contributed by atoms with Gasteiger partial charge < -0.3 is 10.4 Å². The topological polar surface area (TPSA) is 32.3 Å². The monoisotopic (exact) mass is 189 g/mol. The van der Waals surface area contributed by atoms with Crippen molar-refractivity contribution in [3.8, 4) is 5.75 Å². The van der Waals surface area contributed by atoms with E-state index in [2.05, 4.69) is 17.5 Å². The zero-order chi connectivity index (χ0) is 9.97. The van der Waals surface area contributed by atoms with Crippen LogP contribution in [-0.2, 0) is 6.42 Å². The SMILES string of the molecule is CNCC1=CCCc2cccc(O)c21. The summed E-state index contributed by atoms with van der Waals surface area (Å²) in [7, 11) is 1.93. The molecule has 0 saturated heterocycles. The average Bonchev–Trinajstić information content (AvgIpc) is 2.19. The molecule has 0 radical (unpaired) electrons. The van der Waals surface area contributed by atoms with Crippen LogP contribution in [0.5, 0.6) is 5.75 Å². The van der Waals surface area contributed by atoms with Crippen LogP contribution in [-0.4, -0.2) is 18.7 Å². The Labute approximate surface area is 84.3 Å². The number of benzene rings is 1. The molecule has 0 aliphatic heterocycles. The van der Waals surface area contributed by atoms with Crippen LogP contribution in [0.3, 0.4) is 0 Å². The number of hydrogen-bond donors (Lipinski definition) is 2. The van der Waals surface area contributed by atoms with Crippen molar-refractivity contribution in [3.63, 3.8) is 0 Å². The lowest BCUT2D eigenvalue weighted by Crippen LogP contribution is -2.13. The summed E-state index contributed by atoms with van der Waals surface area (Å²) >= 11 is 0. The van der Waals surface area contributed by atoms with Gasteiger partial charge in [-0.05, 0) is 37.1 Å². The third-order valence-corrected chi connectivity index (χ3v) is 2.62. The van der Waals surface area contributed by atoms with Crippen molar-refractivity contribution in [2.24, 2.45) is 0 Å². The van der Waals surface area contributed by atoms with Gasteiger partial charge in [0.25, 0.3) is 0 Å². The van der Waals surface area contributed by atoms with Gasteiger partial charge in [-0.1, -0.05) is 18.2 Å². The number of allylic oxidation sites excluding steroid dienone is 1. The Morgan fingerprint density at radius 2 is 2.29 bits per heavy atom. The van der Waals surface area contributed by atoms with E-state index < -0.39 is 0 Å². The molecule has 2 heteroatoms. The van der Waals surface area contributed by atoms with E-state index in [0.717, 1.165) is 24.9 Å². The summed E-state index contributed by atoms with van der Waals surface area (Å²) in [5.74, 6) is 0.406. The van der Waals surface area contributed by atoms with Gasteiger partial charge in [0.1, 0.15) is 5.75 Å². The molecule has 2 nitrogen and oxygen atoms in total. The maximum atomic E-state index is 9.78. The van der Waals surface area contributed by atoms with Crippen molar-refractivity contribution >= 4 is 5.57 Å². The minimum atomic E-state index is 0.406. The molecule has 0 bridgehead atoms. The van der Waals surface area contributed by atoms with Crippen molar-refractivity contribution in [1.29, 1.82) is 0 Å². The molecule has 0 aromatic heterocycles. The zero-order valence-corrected chi connectivity index (χ0v) is 8.38. The van der Waals surface area contributed by atoms with Crippen LogP contribution in [0.1, 0.15) is 17.5 Å². The largest absolute Gasteiger partial charge is 0.507 e. The average molecular weight is 189 g/mol. The highest BCUT2D eigenvalue weighted by atomic mass is 16.3. The smallest absolute Gasteiger partial charge is 0.123 e. The van der Waals surface area contributed by atoms with E-state index in [9.17, 15) is 5.11 Å². The number of phenols is 1.